The van der Waals surface area contributed by atoms with E-state index in [1.807, 2.05) is 23.2 Å². The number of hydrogen-bond donors (Lipinski definition) is 1. The number of nitrogens with zero attached hydrogens (tertiary/aromatic N) is 4. The maximum Gasteiger partial charge on any atom is 0.233 e. The molecule has 4 aliphatic heterocycles. The molecule has 0 aromatic heterocycles. The van der Waals surface area contributed by atoms with Gasteiger partial charge in [0.05, 0.1) is 25.2 Å². The number of carbonyl (C=O) groups excluding carboxylic acids is 1. The third kappa shape index (κ3) is 4.37. The topological polar surface area (TPSA) is 88.0 Å². The van der Waals surface area contributed by atoms with Gasteiger partial charge in [0.2, 0.25) is 5.91 Å². The first kappa shape index (κ1) is 22.6. The van der Waals surface area contributed by atoms with E-state index in [0.717, 1.165) is 31.6 Å². The van der Waals surface area contributed by atoms with Gasteiger partial charge in [-0.1, -0.05) is 6.92 Å². The maximum atomic E-state index is 13.3. The molecule has 0 spiro atoms. The molecule has 4 heterocycles. The zero-order valence-corrected chi connectivity index (χ0v) is 19.4. The molecule has 174 valence electrons. The predicted molar refractivity (Wildman–Crippen MR) is 118 cm³/mol. The molecule has 0 aliphatic carbocycles. The molecule has 9 heteroatoms. The highest BCUT2D eigenvalue weighted by atomic mass is 16.6. The van der Waals surface area contributed by atoms with Gasteiger partial charge in [0.25, 0.3) is 0 Å². The fraction of sp³-hybridized carbons (Fsp3) is 0.864. The molecule has 0 saturated carbocycles. The molecule has 0 bridgehead atoms. The Bertz CT molecular complexity index is 716. The Hall–Kier alpha value is -1.55. The van der Waals surface area contributed by atoms with Crippen LogP contribution in [0.2, 0.25) is 0 Å². The minimum atomic E-state index is -0.287. The number of fused-ring (bicyclic) bond motifs is 1. The first-order valence-electron chi connectivity index (χ1n) is 11.5. The smallest absolute Gasteiger partial charge is 0.233 e. The fourth-order valence-corrected chi connectivity index (χ4v) is 5.69. The second kappa shape index (κ2) is 9.52. The molecule has 31 heavy (non-hydrogen) atoms. The molecule has 0 radical (unpaired) electrons. The number of aliphatic imine (C=N–C) groups is 1. The average Bonchev–Trinajstić information content (AvgIpc) is 3.29. The first-order chi connectivity index (χ1) is 14.9. The third-order valence-electron chi connectivity index (χ3n) is 7.35. The largest absolute Gasteiger partial charge is 0.382 e. The Morgan fingerprint density at radius 3 is 2.71 bits per heavy atom. The van der Waals surface area contributed by atoms with Crippen molar-refractivity contribution >= 4 is 18.0 Å². The van der Waals surface area contributed by atoms with Crippen molar-refractivity contribution in [2.45, 2.75) is 63.6 Å². The number of rotatable bonds is 6. The highest BCUT2D eigenvalue weighted by molar-refractivity contribution is 6.02. The van der Waals surface area contributed by atoms with E-state index < -0.39 is 0 Å². The van der Waals surface area contributed by atoms with Gasteiger partial charge < -0.3 is 19.5 Å². The van der Waals surface area contributed by atoms with Gasteiger partial charge >= 0.3 is 0 Å². The second-order valence-electron chi connectivity index (χ2n) is 9.36. The van der Waals surface area contributed by atoms with E-state index in [-0.39, 0.29) is 48.2 Å². The van der Waals surface area contributed by atoms with Crippen molar-refractivity contribution < 1.29 is 19.0 Å². The summed E-state index contributed by atoms with van der Waals surface area (Å²) in [5.74, 6) is 1.70. The van der Waals surface area contributed by atoms with Crippen LogP contribution in [0.25, 0.3) is 0 Å². The Kier molecular flexibility index (Phi) is 6.95. The summed E-state index contributed by atoms with van der Waals surface area (Å²) >= 11 is 0. The van der Waals surface area contributed by atoms with Crippen LogP contribution in [0, 0.1) is 17.8 Å². The molecule has 7 unspecified atom stereocenters. The quantitative estimate of drug-likeness (QED) is 0.625. The van der Waals surface area contributed by atoms with Crippen molar-refractivity contribution in [2.75, 3.05) is 41.0 Å². The van der Waals surface area contributed by atoms with Crippen molar-refractivity contribution in [3.63, 3.8) is 0 Å². The van der Waals surface area contributed by atoms with E-state index in [9.17, 15) is 4.79 Å². The molecular formula is C22H37N5O4. The minimum absolute atomic E-state index is 0.00346. The number of amidine groups is 1. The highest BCUT2D eigenvalue weighted by Crippen LogP contribution is 2.40. The fourth-order valence-electron chi connectivity index (χ4n) is 5.69. The minimum Gasteiger partial charge on any atom is -0.382 e. The lowest BCUT2D eigenvalue weighted by molar-refractivity contribution is -0.130. The molecule has 1 N–H and O–H groups in total. The summed E-state index contributed by atoms with van der Waals surface area (Å²) in [5, 5.41) is 10.3. The molecular weight excluding hydrogens is 398 g/mol. The molecule has 2 fully saturated rings. The van der Waals surface area contributed by atoms with E-state index in [4.69, 9.17) is 14.2 Å². The van der Waals surface area contributed by atoms with Crippen LogP contribution in [-0.4, -0.2) is 99.3 Å². The number of hydrazone groups is 1. The highest BCUT2D eigenvalue weighted by Gasteiger charge is 2.54. The molecule has 0 aromatic carbocycles. The molecule has 9 nitrogen and oxygen atoms in total. The van der Waals surface area contributed by atoms with Crippen molar-refractivity contribution in [3.05, 3.63) is 0 Å². The van der Waals surface area contributed by atoms with Gasteiger partial charge in [0, 0.05) is 58.4 Å². The van der Waals surface area contributed by atoms with Crippen molar-refractivity contribution in [2.24, 2.45) is 27.8 Å². The van der Waals surface area contributed by atoms with Crippen LogP contribution in [0.15, 0.2) is 10.1 Å². The summed E-state index contributed by atoms with van der Waals surface area (Å²) in [6.07, 6.45) is 4.30. The Morgan fingerprint density at radius 1 is 1.23 bits per heavy atom. The monoisotopic (exact) mass is 435 g/mol. The Morgan fingerprint density at radius 2 is 2.03 bits per heavy atom. The van der Waals surface area contributed by atoms with E-state index in [1.54, 1.807) is 14.2 Å². The Labute approximate surface area is 185 Å². The maximum absolute atomic E-state index is 13.3. The van der Waals surface area contributed by atoms with Gasteiger partial charge in [-0.15, -0.1) is 0 Å². The summed E-state index contributed by atoms with van der Waals surface area (Å²) in [5.41, 5.74) is 0. The summed E-state index contributed by atoms with van der Waals surface area (Å²) in [4.78, 5) is 19.9. The van der Waals surface area contributed by atoms with Crippen molar-refractivity contribution in [1.29, 1.82) is 0 Å². The summed E-state index contributed by atoms with van der Waals surface area (Å²) in [6, 6.07) is 0.484. The van der Waals surface area contributed by atoms with Gasteiger partial charge in [-0.2, -0.15) is 5.10 Å². The number of amides is 1. The normalized spacial score (nSPS) is 40.4. The standard InChI is InChI=1S/C22H37N5O4/c1-13-10-16(15-11-17(30-5)21(23-12-15)31-9-8-29-4)24-20-14(2)27(22(28)19(13)20)18-6-7-26(3)25-18/h12-17,19-21,24H,6-11H2,1-5H3/t13?,14-,15?,16?,17?,19?,20?,21?/m0/s1. The van der Waals surface area contributed by atoms with Crippen LogP contribution >= 0.6 is 0 Å². The summed E-state index contributed by atoms with van der Waals surface area (Å²) < 4.78 is 16.6. The van der Waals surface area contributed by atoms with Crippen LogP contribution < -0.4 is 5.32 Å². The van der Waals surface area contributed by atoms with E-state index >= 15 is 0 Å². The third-order valence-corrected chi connectivity index (χ3v) is 7.35. The van der Waals surface area contributed by atoms with Gasteiger partial charge in [0.15, 0.2) is 6.23 Å². The van der Waals surface area contributed by atoms with Crippen molar-refractivity contribution in [3.8, 4) is 0 Å². The van der Waals surface area contributed by atoms with E-state index in [0.29, 0.717) is 19.1 Å². The lowest BCUT2D eigenvalue weighted by atomic mass is 9.74. The molecule has 1 amide bonds. The van der Waals surface area contributed by atoms with E-state index in [2.05, 4.69) is 29.3 Å². The first-order valence-corrected chi connectivity index (χ1v) is 11.5. The number of piperidine rings is 1. The summed E-state index contributed by atoms with van der Waals surface area (Å²) in [7, 11) is 5.34. The van der Waals surface area contributed by atoms with Crippen LogP contribution in [0.5, 0.6) is 0 Å². The number of methoxy groups -OCH3 is 2. The number of nitrogens with one attached hydrogen (secondary N) is 1. The van der Waals surface area contributed by atoms with Gasteiger partial charge in [-0.25, -0.2) is 0 Å². The number of hydrogen-bond acceptors (Lipinski definition) is 8. The number of carbonyl (C=O) groups is 1. The molecule has 8 atom stereocenters. The number of ether oxygens (including phenoxy) is 3. The SMILES string of the molecule is COCCOC1N=CC(C2CC(C)C3C(=O)N(C4=NN(C)CC4)[C@@H](C)C3N2)CC1OC. The molecule has 4 rings (SSSR count). The van der Waals surface area contributed by atoms with Crippen LogP contribution in [0.4, 0.5) is 0 Å². The summed E-state index contributed by atoms with van der Waals surface area (Å²) in [6.45, 7) is 6.28. The van der Waals surface area contributed by atoms with E-state index in [1.165, 1.54) is 0 Å². The Balaban J connectivity index is 1.45. The van der Waals surface area contributed by atoms with Crippen LogP contribution in [0.1, 0.15) is 33.1 Å². The lowest BCUT2D eigenvalue weighted by Crippen LogP contribution is -2.57. The van der Waals surface area contributed by atoms with Crippen LogP contribution in [0.3, 0.4) is 0 Å². The molecule has 2 saturated heterocycles. The van der Waals surface area contributed by atoms with Gasteiger partial charge in [0.1, 0.15) is 11.9 Å². The molecule has 0 aromatic rings. The lowest BCUT2D eigenvalue weighted by Gasteiger charge is -2.42. The average molecular weight is 436 g/mol. The zero-order chi connectivity index (χ0) is 22.1. The molecule has 4 aliphatic rings. The second-order valence-corrected chi connectivity index (χ2v) is 9.36. The van der Waals surface area contributed by atoms with Gasteiger partial charge in [-0.05, 0) is 25.7 Å². The van der Waals surface area contributed by atoms with Gasteiger partial charge in [-0.3, -0.25) is 19.7 Å². The zero-order valence-electron chi connectivity index (χ0n) is 19.4. The van der Waals surface area contributed by atoms with Crippen molar-refractivity contribution in [1.82, 2.24) is 15.2 Å². The van der Waals surface area contributed by atoms with Crippen LogP contribution in [-0.2, 0) is 19.0 Å². The predicted octanol–water partition coefficient (Wildman–Crippen LogP) is 0.944. The number of likely N-dealkylation sites (tertiary alicyclic amines) is 1.